The molecule has 5 heteroatoms. The van der Waals surface area contributed by atoms with Gasteiger partial charge in [0.2, 0.25) is 0 Å². The maximum absolute atomic E-state index is 12.5. The van der Waals surface area contributed by atoms with Crippen molar-refractivity contribution >= 4 is 17.3 Å². The molecule has 1 nitrogen and oxygen atoms in total. The lowest BCUT2D eigenvalue weighted by molar-refractivity contribution is -0.137. The van der Waals surface area contributed by atoms with Gasteiger partial charge in [0.25, 0.3) is 0 Å². The molecule has 112 valence electrons. The number of aryl methyl sites for hydroxylation is 1. The molecule has 1 atom stereocenters. The zero-order chi connectivity index (χ0) is 15.6. The second-order valence-corrected chi connectivity index (χ2v) is 5.32. The van der Waals surface area contributed by atoms with Gasteiger partial charge in [-0.2, -0.15) is 13.2 Å². The number of hydrogen-bond acceptors (Lipinski definition) is 1. The molecule has 0 amide bonds. The van der Waals surface area contributed by atoms with E-state index in [0.717, 1.165) is 28.9 Å². The zero-order valence-electron chi connectivity index (χ0n) is 11.6. The third-order valence-corrected chi connectivity index (χ3v) is 3.64. The van der Waals surface area contributed by atoms with Gasteiger partial charge in [-0.25, -0.2) is 0 Å². The third-order valence-electron chi connectivity index (χ3n) is 3.32. The smallest absolute Gasteiger partial charge is 0.377 e. The van der Waals surface area contributed by atoms with Crippen molar-refractivity contribution in [3.63, 3.8) is 0 Å². The number of rotatable bonds is 3. The molecule has 1 N–H and O–H groups in total. The summed E-state index contributed by atoms with van der Waals surface area (Å²) in [6.07, 6.45) is -4.31. The van der Waals surface area contributed by atoms with Crippen molar-refractivity contribution in [3.05, 3.63) is 64.2 Å². The Morgan fingerprint density at radius 2 is 1.67 bits per heavy atom. The molecule has 0 aromatic heterocycles. The lowest BCUT2D eigenvalue weighted by Crippen LogP contribution is -2.09. The van der Waals surface area contributed by atoms with Gasteiger partial charge in [0, 0.05) is 6.04 Å². The topological polar surface area (TPSA) is 12.0 Å². The van der Waals surface area contributed by atoms with Crippen LogP contribution in [-0.4, -0.2) is 0 Å². The van der Waals surface area contributed by atoms with Crippen LogP contribution in [0.5, 0.6) is 0 Å². The maximum Gasteiger partial charge on any atom is 0.416 e. The minimum Gasteiger partial charge on any atom is -0.377 e. The molecule has 2 aromatic rings. The molecule has 0 fully saturated rings. The first-order valence-corrected chi connectivity index (χ1v) is 6.85. The Bertz CT molecular complexity index is 600. The fraction of sp³-hybridized carbons (Fsp3) is 0.250. The summed E-state index contributed by atoms with van der Waals surface area (Å²) in [6.45, 7) is 3.80. The Labute approximate surface area is 126 Å². The summed E-state index contributed by atoms with van der Waals surface area (Å²) in [7, 11) is 0. The van der Waals surface area contributed by atoms with Crippen molar-refractivity contribution in [2.24, 2.45) is 0 Å². The van der Waals surface area contributed by atoms with E-state index in [1.165, 1.54) is 12.1 Å². The van der Waals surface area contributed by atoms with Crippen LogP contribution in [0.2, 0.25) is 5.02 Å². The Hall–Kier alpha value is -1.68. The average Bonchev–Trinajstić information content (AvgIpc) is 2.42. The average molecular weight is 314 g/mol. The van der Waals surface area contributed by atoms with Gasteiger partial charge in [-0.1, -0.05) is 35.9 Å². The van der Waals surface area contributed by atoms with Gasteiger partial charge >= 0.3 is 6.18 Å². The highest BCUT2D eigenvalue weighted by atomic mass is 35.5. The van der Waals surface area contributed by atoms with Gasteiger partial charge in [0.15, 0.2) is 0 Å². The lowest BCUT2D eigenvalue weighted by atomic mass is 10.0. The Balaban J connectivity index is 2.19. The normalized spacial score (nSPS) is 13.0. The van der Waals surface area contributed by atoms with E-state index < -0.39 is 11.7 Å². The lowest BCUT2D eigenvalue weighted by Gasteiger charge is -2.19. The Morgan fingerprint density at radius 3 is 2.19 bits per heavy atom. The van der Waals surface area contributed by atoms with Crippen molar-refractivity contribution in [1.82, 2.24) is 0 Å². The van der Waals surface area contributed by atoms with E-state index in [9.17, 15) is 13.2 Å². The first-order chi connectivity index (χ1) is 9.79. The van der Waals surface area contributed by atoms with Gasteiger partial charge < -0.3 is 5.32 Å². The van der Waals surface area contributed by atoms with E-state index in [2.05, 4.69) is 5.32 Å². The molecular weight excluding hydrogens is 299 g/mol. The fourth-order valence-electron chi connectivity index (χ4n) is 2.08. The largest absolute Gasteiger partial charge is 0.416 e. The van der Waals surface area contributed by atoms with Crippen LogP contribution in [0.25, 0.3) is 0 Å². The Morgan fingerprint density at radius 1 is 1.05 bits per heavy atom. The summed E-state index contributed by atoms with van der Waals surface area (Å²) < 4.78 is 37.6. The molecule has 0 heterocycles. The van der Waals surface area contributed by atoms with E-state index in [-0.39, 0.29) is 6.04 Å². The standard InChI is InChI=1S/C16H15ClF3N/c1-10-4-3-5-14(17)15(10)21-11(2)12-6-8-13(9-7-12)16(18,19)20/h3-9,11,21H,1-2H3. The van der Waals surface area contributed by atoms with Crippen LogP contribution in [0, 0.1) is 6.92 Å². The Kier molecular flexibility index (Phi) is 4.47. The molecule has 0 bridgehead atoms. The van der Waals surface area contributed by atoms with E-state index in [1.807, 2.05) is 26.0 Å². The predicted molar refractivity (Wildman–Crippen MR) is 79.7 cm³/mol. The van der Waals surface area contributed by atoms with Gasteiger partial charge in [0.05, 0.1) is 16.3 Å². The quantitative estimate of drug-likeness (QED) is 0.750. The SMILES string of the molecule is Cc1cccc(Cl)c1NC(C)c1ccc(C(F)(F)F)cc1. The van der Waals surface area contributed by atoms with Crippen molar-refractivity contribution in [2.75, 3.05) is 5.32 Å². The van der Waals surface area contributed by atoms with E-state index in [1.54, 1.807) is 6.07 Å². The van der Waals surface area contributed by atoms with Crippen LogP contribution in [0.1, 0.15) is 29.7 Å². The first kappa shape index (κ1) is 15.7. The molecule has 0 spiro atoms. The van der Waals surface area contributed by atoms with Crippen LogP contribution in [0.4, 0.5) is 18.9 Å². The summed E-state index contributed by atoms with van der Waals surface area (Å²) in [4.78, 5) is 0. The number of para-hydroxylation sites is 1. The van der Waals surface area contributed by atoms with Gasteiger partial charge in [-0.15, -0.1) is 0 Å². The second kappa shape index (κ2) is 5.98. The van der Waals surface area contributed by atoms with Gasteiger partial charge in [-0.3, -0.25) is 0 Å². The number of hydrogen-bond donors (Lipinski definition) is 1. The minimum atomic E-state index is -4.31. The van der Waals surface area contributed by atoms with Crippen molar-refractivity contribution in [1.29, 1.82) is 0 Å². The summed E-state index contributed by atoms with van der Waals surface area (Å²) in [5.41, 5.74) is 1.91. The van der Waals surface area contributed by atoms with Crippen LogP contribution < -0.4 is 5.32 Å². The molecule has 2 rings (SSSR count). The summed E-state index contributed by atoms with van der Waals surface area (Å²) in [5.74, 6) is 0. The molecule has 0 aliphatic carbocycles. The van der Waals surface area contributed by atoms with E-state index >= 15 is 0 Å². The van der Waals surface area contributed by atoms with Gasteiger partial charge in [-0.05, 0) is 43.2 Å². The maximum atomic E-state index is 12.5. The number of halogens is 4. The molecule has 0 saturated carbocycles. The summed E-state index contributed by atoms with van der Waals surface area (Å²) in [5, 5.41) is 3.83. The summed E-state index contributed by atoms with van der Waals surface area (Å²) in [6, 6.07) is 10.5. The highest BCUT2D eigenvalue weighted by molar-refractivity contribution is 6.33. The molecule has 0 aliphatic heterocycles. The van der Waals surface area contributed by atoms with Crippen LogP contribution in [0.3, 0.4) is 0 Å². The zero-order valence-corrected chi connectivity index (χ0v) is 12.4. The molecule has 0 radical (unpaired) electrons. The second-order valence-electron chi connectivity index (χ2n) is 4.92. The molecule has 1 unspecified atom stereocenters. The highest BCUT2D eigenvalue weighted by Crippen LogP contribution is 2.32. The predicted octanol–water partition coefficient (Wildman–Crippen LogP) is 5.84. The summed E-state index contributed by atoms with van der Waals surface area (Å²) >= 11 is 6.13. The number of benzene rings is 2. The van der Waals surface area contributed by atoms with Crippen molar-refractivity contribution in [3.8, 4) is 0 Å². The number of alkyl halides is 3. The van der Waals surface area contributed by atoms with Crippen LogP contribution in [0.15, 0.2) is 42.5 Å². The molecule has 0 saturated heterocycles. The molecular formula is C16H15ClF3N. The molecule has 0 aliphatic rings. The number of nitrogens with one attached hydrogen (secondary N) is 1. The molecule has 2 aromatic carbocycles. The monoisotopic (exact) mass is 313 g/mol. The van der Waals surface area contributed by atoms with Crippen molar-refractivity contribution in [2.45, 2.75) is 26.1 Å². The van der Waals surface area contributed by atoms with Crippen LogP contribution in [-0.2, 0) is 6.18 Å². The van der Waals surface area contributed by atoms with Crippen LogP contribution >= 0.6 is 11.6 Å². The van der Waals surface area contributed by atoms with E-state index in [4.69, 9.17) is 11.6 Å². The fourth-order valence-corrected chi connectivity index (χ4v) is 2.35. The van der Waals surface area contributed by atoms with Crippen molar-refractivity contribution < 1.29 is 13.2 Å². The van der Waals surface area contributed by atoms with E-state index in [0.29, 0.717) is 5.02 Å². The molecule has 21 heavy (non-hydrogen) atoms. The first-order valence-electron chi connectivity index (χ1n) is 6.48. The third kappa shape index (κ3) is 3.70. The highest BCUT2D eigenvalue weighted by Gasteiger charge is 2.30. The van der Waals surface area contributed by atoms with Gasteiger partial charge in [0.1, 0.15) is 0 Å². The minimum absolute atomic E-state index is 0.147. The number of anilines is 1.